The molecular weight excluding hydrogens is 252 g/mol. The minimum Gasteiger partial charge on any atom is -0.464 e. The van der Waals surface area contributed by atoms with E-state index in [-0.39, 0.29) is 5.92 Å². The maximum absolute atomic E-state index is 12.2. The maximum Gasteiger partial charge on any atom is 0.338 e. The van der Waals surface area contributed by atoms with Crippen LogP contribution < -0.4 is 0 Å². The first-order valence-corrected chi connectivity index (χ1v) is 8.35. The third kappa shape index (κ3) is 4.21. The zero-order chi connectivity index (χ0) is 15.2. The van der Waals surface area contributed by atoms with Gasteiger partial charge >= 0.3 is 5.97 Å². The molecule has 0 aromatic heterocycles. The van der Waals surface area contributed by atoms with E-state index in [1.54, 1.807) is 6.92 Å². The fraction of sp³-hybridized carbons (Fsp3) is 0.941. The summed E-state index contributed by atoms with van der Waals surface area (Å²) >= 11 is 0. The fourth-order valence-electron chi connectivity index (χ4n) is 3.58. The van der Waals surface area contributed by atoms with E-state index in [1.165, 1.54) is 6.42 Å². The molecule has 3 heteroatoms. The zero-order valence-corrected chi connectivity index (χ0v) is 13.7. The van der Waals surface area contributed by atoms with Crippen LogP contribution in [-0.2, 0) is 9.53 Å². The Balaban J connectivity index is 2.78. The van der Waals surface area contributed by atoms with Crippen molar-refractivity contribution in [3.63, 3.8) is 0 Å². The van der Waals surface area contributed by atoms with Gasteiger partial charge in [0, 0.05) is 0 Å². The standard InChI is InChI=1S/C17H32O3/c1-5-12-17(19,16(18)20-6-2)15-9-7-8-14(10-11-15)13(3)4/h13-15,19H,5-12H2,1-4H3. The number of esters is 1. The summed E-state index contributed by atoms with van der Waals surface area (Å²) < 4.78 is 5.14. The Hall–Kier alpha value is -0.570. The molecule has 0 bridgehead atoms. The minimum atomic E-state index is -1.27. The van der Waals surface area contributed by atoms with Gasteiger partial charge in [-0.25, -0.2) is 4.79 Å². The second-order valence-electron chi connectivity index (χ2n) is 6.60. The lowest BCUT2D eigenvalue weighted by atomic mass is 9.78. The third-order valence-electron chi connectivity index (χ3n) is 4.89. The topological polar surface area (TPSA) is 46.5 Å². The van der Waals surface area contributed by atoms with E-state index in [0.29, 0.717) is 18.9 Å². The van der Waals surface area contributed by atoms with Crippen LogP contribution in [0.1, 0.15) is 72.6 Å². The number of hydrogen-bond donors (Lipinski definition) is 1. The molecule has 0 heterocycles. The average Bonchev–Trinajstić information content (AvgIpc) is 2.65. The molecule has 3 atom stereocenters. The molecular formula is C17H32O3. The van der Waals surface area contributed by atoms with Gasteiger partial charge in [0.25, 0.3) is 0 Å². The van der Waals surface area contributed by atoms with Gasteiger partial charge in [-0.15, -0.1) is 0 Å². The van der Waals surface area contributed by atoms with Crippen molar-refractivity contribution in [3.8, 4) is 0 Å². The summed E-state index contributed by atoms with van der Waals surface area (Å²) in [6.07, 6.45) is 6.66. The second-order valence-corrected chi connectivity index (χ2v) is 6.60. The first kappa shape index (κ1) is 17.5. The number of hydrogen-bond acceptors (Lipinski definition) is 3. The lowest BCUT2D eigenvalue weighted by molar-refractivity contribution is -0.173. The van der Waals surface area contributed by atoms with Crippen molar-refractivity contribution in [2.24, 2.45) is 17.8 Å². The summed E-state index contributed by atoms with van der Waals surface area (Å²) in [6.45, 7) is 8.69. The molecule has 1 N–H and O–H groups in total. The van der Waals surface area contributed by atoms with Crippen molar-refractivity contribution in [3.05, 3.63) is 0 Å². The Morgan fingerprint density at radius 3 is 2.50 bits per heavy atom. The molecule has 20 heavy (non-hydrogen) atoms. The van der Waals surface area contributed by atoms with Crippen LogP contribution in [0.3, 0.4) is 0 Å². The van der Waals surface area contributed by atoms with Crippen molar-refractivity contribution in [2.75, 3.05) is 6.61 Å². The van der Waals surface area contributed by atoms with Crippen molar-refractivity contribution in [2.45, 2.75) is 78.2 Å². The number of rotatable bonds is 6. The molecule has 3 unspecified atom stereocenters. The molecule has 3 nitrogen and oxygen atoms in total. The van der Waals surface area contributed by atoms with Gasteiger partial charge in [-0.1, -0.05) is 40.0 Å². The molecule has 0 saturated heterocycles. The van der Waals surface area contributed by atoms with Crippen LogP contribution >= 0.6 is 0 Å². The molecule has 0 aliphatic heterocycles. The second kappa shape index (κ2) is 8.02. The fourth-order valence-corrected chi connectivity index (χ4v) is 3.58. The lowest BCUT2D eigenvalue weighted by Crippen LogP contribution is -2.47. The number of aliphatic hydroxyl groups is 1. The SMILES string of the molecule is CCCC(O)(C(=O)OCC)C1CCCC(C(C)C)CC1. The van der Waals surface area contributed by atoms with E-state index in [2.05, 4.69) is 13.8 Å². The lowest BCUT2D eigenvalue weighted by Gasteiger charge is -2.33. The van der Waals surface area contributed by atoms with Crippen LogP contribution in [0.25, 0.3) is 0 Å². The van der Waals surface area contributed by atoms with E-state index in [9.17, 15) is 9.90 Å². The quantitative estimate of drug-likeness (QED) is 0.593. The normalized spacial score (nSPS) is 26.9. The predicted octanol–water partition coefficient (Wildman–Crippen LogP) is 3.93. The van der Waals surface area contributed by atoms with E-state index in [4.69, 9.17) is 4.74 Å². The number of carbonyl (C=O) groups excluding carboxylic acids is 1. The van der Waals surface area contributed by atoms with Crippen LogP contribution in [0.2, 0.25) is 0 Å². The molecule has 1 rings (SSSR count). The van der Waals surface area contributed by atoms with Gasteiger partial charge < -0.3 is 9.84 Å². The zero-order valence-electron chi connectivity index (χ0n) is 13.7. The summed E-state index contributed by atoms with van der Waals surface area (Å²) in [5, 5.41) is 10.9. The number of ether oxygens (including phenoxy) is 1. The highest BCUT2D eigenvalue weighted by Crippen LogP contribution is 2.39. The summed E-state index contributed by atoms with van der Waals surface area (Å²) in [5.41, 5.74) is -1.27. The molecule has 1 aliphatic rings. The average molecular weight is 284 g/mol. The van der Waals surface area contributed by atoms with Crippen LogP contribution in [0.5, 0.6) is 0 Å². The third-order valence-corrected chi connectivity index (χ3v) is 4.89. The van der Waals surface area contributed by atoms with E-state index >= 15 is 0 Å². The first-order valence-electron chi connectivity index (χ1n) is 8.35. The van der Waals surface area contributed by atoms with Crippen molar-refractivity contribution in [1.29, 1.82) is 0 Å². The first-order chi connectivity index (χ1) is 9.45. The van der Waals surface area contributed by atoms with Crippen LogP contribution in [-0.4, -0.2) is 23.3 Å². The largest absolute Gasteiger partial charge is 0.464 e. The minimum absolute atomic E-state index is 0.0604. The van der Waals surface area contributed by atoms with Gasteiger partial charge in [0.2, 0.25) is 0 Å². The highest BCUT2D eigenvalue weighted by molar-refractivity contribution is 5.79. The van der Waals surface area contributed by atoms with Gasteiger partial charge in [0.15, 0.2) is 5.60 Å². The molecule has 0 amide bonds. The van der Waals surface area contributed by atoms with E-state index in [1.807, 2.05) is 6.92 Å². The summed E-state index contributed by atoms with van der Waals surface area (Å²) in [4.78, 5) is 12.2. The molecule has 1 saturated carbocycles. The van der Waals surface area contributed by atoms with Crippen molar-refractivity contribution in [1.82, 2.24) is 0 Å². The van der Waals surface area contributed by atoms with Crippen LogP contribution in [0.4, 0.5) is 0 Å². The Labute approximate surface area is 124 Å². The molecule has 0 radical (unpaired) electrons. The monoisotopic (exact) mass is 284 g/mol. The Kier molecular flexibility index (Phi) is 7.01. The Morgan fingerprint density at radius 2 is 1.95 bits per heavy atom. The maximum atomic E-state index is 12.2. The van der Waals surface area contributed by atoms with Crippen molar-refractivity contribution >= 4 is 5.97 Å². The van der Waals surface area contributed by atoms with Crippen LogP contribution in [0.15, 0.2) is 0 Å². The van der Waals surface area contributed by atoms with Gasteiger partial charge in [-0.05, 0) is 50.4 Å². The Morgan fingerprint density at radius 1 is 1.25 bits per heavy atom. The molecule has 0 aromatic carbocycles. The molecule has 1 fully saturated rings. The van der Waals surface area contributed by atoms with Gasteiger partial charge in [-0.2, -0.15) is 0 Å². The molecule has 0 aromatic rings. The highest BCUT2D eigenvalue weighted by Gasteiger charge is 2.44. The van der Waals surface area contributed by atoms with Crippen molar-refractivity contribution < 1.29 is 14.6 Å². The molecule has 118 valence electrons. The molecule has 1 aliphatic carbocycles. The Bertz CT molecular complexity index is 301. The van der Waals surface area contributed by atoms with E-state index < -0.39 is 11.6 Å². The smallest absolute Gasteiger partial charge is 0.338 e. The van der Waals surface area contributed by atoms with Gasteiger partial charge in [-0.3, -0.25) is 0 Å². The van der Waals surface area contributed by atoms with Gasteiger partial charge in [0.1, 0.15) is 0 Å². The van der Waals surface area contributed by atoms with Gasteiger partial charge in [0.05, 0.1) is 6.61 Å². The number of carbonyl (C=O) groups is 1. The van der Waals surface area contributed by atoms with E-state index in [0.717, 1.165) is 38.0 Å². The summed E-state index contributed by atoms with van der Waals surface area (Å²) in [6, 6.07) is 0. The van der Waals surface area contributed by atoms with Crippen LogP contribution in [0, 0.1) is 17.8 Å². The summed E-state index contributed by atoms with van der Waals surface area (Å²) in [7, 11) is 0. The predicted molar refractivity (Wildman–Crippen MR) is 81.4 cm³/mol. The summed E-state index contributed by atoms with van der Waals surface area (Å²) in [5.74, 6) is 1.07. The highest BCUT2D eigenvalue weighted by atomic mass is 16.5. The molecule has 0 spiro atoms.